The van der Waals surface area contributed by atoms with Crippen LogP contribution in [0.15, 0.2) is 24.3 Å². The van der Waals surface area contributed by atoms with E-state index < -0.39 is 0 Å². The molecule has 1 aromatic carbocycles. The molecule has 0 unspecified atom stereocenters. The number of unbranched alkanes of at least 4 members (excludes halogenated alkanes) is 1. The van der Waals surface area contributed by atoms with Gasteiger partial charge in [-0.3, -0.25) is 5.10 Å². The molecule has 2 heteroatoms. The highest BCUT2D eigenvalue weighted by atomic mass is 15.1. The number of aromatic amines is 1. The zero-order valence-corrected chi connectivity index (χ0v) is 10.3. The van der Waals surface area contributed by atoms with Crippen LogP contribution in [0, 0.1) is 0 Å². The first-order valence-electron chi connectivity index (χ1n) is 6.54. The van der Waals surface area contributed by atoms with Crippen LogP contribution < -0.4 is 0 Å². The van der Waals surface area contributed by atoms with Crippen molar-refractivity contribution in [3.63, 3.8) is 0 Å². The highest BCUT2D eigenvalue weighted by molar-refractivity contribution is 5.74. The van der Waals surface area contributed by atoms with E-state index in [1.165, 1.54) is 40.9 Å². The van der Waals surface area contributed by atoms with Gasteiger partial charge in [-0.05, 0) is 36.8 Å². The van der Waals surface area contributed by atoms with Gasteiger partial charge in [0.15, 0.2) is 0 Å². The summed E-state index contributed by atoms with van der Waals surface area (Å²) in [5, 5.41) is 7.74. The summed E-state index contributed by atoms with van der Waals surface area (Å²) in [5.41, 5.74) is 6.84. The van der Waals surface area contributed by atoms with Gasteiger partial charge in [0.2, 0.25) is 0 Å². The average molecular weight is 226 g/mol. The Morgan fingerprint density at radius 3 is 3.00 bits per heavy atom. The van der Waals surface area contributed by atoms with Gasteiger partial charge in [0.05, 0.1) is 5.69 Å². The standard InChI is InChI=1S/C15H18N2/c1-2-3-8-13-15-12-7-5-4-6-11(12)9-10-14(15)17-16-13/h4-7H,2-3,8-10H2,1H3,(H,16,17). The highest BCUT2D eigenvalue weighted by Crippen LogP contribution is 2.35. The van der Waals surface area contributed by atoms with Crippen molar-refractivity contribution in [1.29, 1.82) is 0 Å². The van der Waals surface area contributed by atoms with Crippen LogP contribution in [-0.2, 0) is 19.3 Å². The summed E-state index contributed by atoms with van der Waals surface area (Å²) in [6.45, 7) is 2.23. The Morgan fingerprint density at radius 2 is 2.12 bits per heavy atom. The van der Waals surface area contributed by atoms with Crippen molar-refractivity contribution < 1.29 is 0 Å². The summed E-state index contributed by atoms with van der Waals surface area (Å²) in [7, 11) is 0. The summed E-state index contributed by atoms with van der Waals surface area (Å²) in [6, 6.07) is 8.74. The molecule has 0 radical (unpaired) electrons. The molecular formula is C15H18N2. The number of hydrogen-bond acceptors (Lipinski definition) is 1. The van der Waals surface area contributed by atoms with Gasteiger partial charge >= 0.3 is 0 Å². The van der Waals surface area contributed by atoms with Gasteiger partial charge in [0, 0.05) is 11.3 Å². The quantitative estimate of drug-likeness (QED) is 0.852. The molecule has 1 N–H and O–H groups in total. The van der Waals surface area contributed by atoms with Crippen LogP contribution in [0.4, 0.5) is 0 Å². The van der Waals surface area contributed by atoms with E-state index in [9.17, 15) is 0 Å². The second-order valence-corrected chi connectivity index (χ2v) is 4.78. The zero-order valence-electron chi connectivity index (χ0n) is 10.3. The number of benzene rings is 1. The number of nitrogens with zero attached hydrogens (tertiary/aromatic N) is 1. The van der Waals surface area contributed by atoms with Gasteiger partial charge in [-0.15, -0.1) is 0 Å². The smallest absolute Gasteiger partial charge is 0.0703 e. The van der Waals surface area contributed by atoms with Crippen LogP contribution in [-0.4, -0.2) is 10.2 Å². The topological polar surface area (TPSA) is 28.7 Å². The number of hydrogen-bond donors (Lipinski definition) is 1. The molecule has 1 aromatic heterocycles. The number of fused-ring (bicyclic) bond motifs is 3. The zero-order chi connectivity index (χ0) is 11.7. The molecular weight excluding hydrogens is 208 g/mol. The molecule has 2 aromatic rings. The molecule has 0 saturated carbocycles. The van der Waals surface area contributed by atoms with Gasteiger partial charge in [-0.2, -0.15) is 5.10 Å². The summed E-state index contributed by atoms with van der Waals surface area (Å²) >= 11 is 0. The van der Waals surface area contributed by atoms with Gasteiger partial charge < -0.3 is 0 Å². The Hall–Kier alpha value is -1.57. The first-order valence-corrected chi connectivity index (χ1v) is 6.54. The Balaban J connectivity index is 2.06. The maximum absolute atomic E-state index is 4.51. The fourth-order valence-corrected chi connectivity index (χ4v) is 2.69. The lowest BCUT2D eigenvalue weighted by Crippen LogP contribution is -2.03. The fraction of sp³-hybridized carbons (Fsp3) is 0.400. The molecule has 0 aliphatic heterocycles. The second-order valence-electron chi connectivity index (χ2n) is 4.78. The third kappa shape index (κ3) is 1.78. The molecule has 1 aliphatic rings. The molecule has 17 heavy (non-hydrogen) atoms. The van der Waals surface area contributed by atoms with Gasteiger partial charge in [0.1, 0.15) is 0 Å². The van der Waals surface area contributed by atoms with Crippen molar-refractivity contribution in [2.24, 2.45) is 0 Å². The Morgan fingerprint density at radius 1 is 1.24 bits per heavy atom. The summed E-state index contributed by atoms with van der Waals surface area (Å²) < 4.78 is 0. The lowest BCUT2D eigenvalue weighted by molar-refractivity contribution is 0.772. The minimum absolute atomic E-state index is 1.09. The van der Waals surface area contributed by atoms with E-state index in [-0.39, 0.29) is 0 Å². The lowest BCUT2D eigenvalue weighted by atomic mass is 9.87. The second kappa shape index (κ2) is 4.36. The average Bonchev–Trinajstić information content (AvgIpc) is 2.80. The Labute approximate surface area is 102 Å². The van der Waals surface area contributed by atoms with Crippen molar-refractivity contribution in [2.75, 3.05) is 0 Å². The van der Waals surface area contributed by atoms with E-state index in [4.69, 9.17) is 0 Å². The van der Waals surface area contributed by atoms with Crippen molar-refractivity contribution in [1.82, 2.24) is 10.2 Å². The normalized spacial score (nSPS) is 13.2. The lowest BCUT2D eigenvalue weighted by Gasteiger charge is -2.16. The number of aromatic nitrogens is 2. The van der Waals surface area contributed by atoms with Crippen LogP contribution in [0.3, 0.4) is 0 Å². The van der Waals surface area contributed by atoms with Crippen LogP contribution in [0.2, 0.25) is 0 Å². The van der Waals surface area contributed by atoms with Crippen molar-refractivity contribution >= 4 is 0 Å². The van der Waals surface area contributed by atoms with Gasteiger partial charge in [0.25, 0.3) is 0 Å². The molecule has 2 nitrogen and oxygen atoms in total. The third-order valence-corrected chi connectivity index (χ3v) is 3.61. The molecule has 3 rings (SSSR count). The molecule has 0 saturated heterocycles. The molecule has 1 aliphatic carbocycles. The molecule has 88 valence electrons. The maximum Gasteiger partial charge on any atom is 0.0703 e. The number of aryl methyl sites for hydroxylation is 3. The van der Waals surface area contributed by atoms with E-state index in [1.54, 1.807) is 0 Å². The number of rotatable bonds is 3. The molecule has 0 bridgehead atoms. The van der Waals surface area contributed by atoms with Gasteiger partial charge in [-0.1, -0.05) is 37.6 Å². The number of H-pyrrole nitrogens is 1. The summed E-state index contributed by atoms with van der Waals surface area (Å²) in [6.07, 6.45) is 5.78. The van der Waals surface area contributed by atoms with Crippen LogP contribution in [0.25, 0.3) is 11.1 Å². The molecule has 0 amide bonds. The van der Waals surface area contributed by atoms with Crippen molar-refractivity contribution in [3.8, 4) is 11.1 Å². The van der Waals surface area contributed by atoms with Crippen LogP contribution in [0.5, 0.6) is 0 Å². The van der Waals surface area contributed by atoms with E-state index in [1.807, 2.05) is 0 Å². The van der Waals surface area contributed by atoms with Crippen molar-refractivity contribution in [2.45, 2.75) is 39.0 Å². The fourth-order valence-electron chi connectivity index (χ4n) is 2.69. The van der Waals surface area contributed by atoms with Crippen LogP contribution >= 0.6 is 0 Å². The Bertz CT molecular complexity index is 525. The molecule has 0 atom stereocenters. The predicted molar refractivity (Wildman–Crippen MR) is 70.0 cm³/mol. The van der Waals surface area contributed by atoms with Gasteiger partial charge in [-0.25, -0.2) is 0 Å². The monoisotopic (exact) mass is 226 g/mol. The van der Waals surface area contributed by atoms with E-state index in [0.717, 1.165) is 19.3 Å². The number of nitrogens with one attached hydrogen (secondary N) is 1. The van der Waals surface area contributed by atoms with E-state index in [0.29, 0.717) is 0 Å². The van der Waals surface area contributed by atoms with Crippen molar-refractivity contribution in [3.05, 3.63) is 41.2 Å². The molecule has 1 heterocycles. The minimum Gasteiger partial charge on any atom is -0.282 e. The Kier molecular flexibility index (Phi) is 2.71. The minimum atomic E-state index is 1.09. The third-order valence-electron chi connectivity index (χ3n) is 3.61. The summed E-state index contributed by atoms with van der Waals surface area (Å²) in [4.78, 5) is 0. The SMILES string of the molecule is CCCCc1n[nH]c2c1-c1ccccc1CC2. The predicted octanol–water partition coefficient (Wildman–Crippen LogP) is 3.52. The highest BCUT2D eigenvalue weighted by Gasteiger charge is 2.21. The molecule has 0 fully saturated rings. The summed E-state index contributed by atoms with van der Waals surface area (Å²) in [5.74, 6) is 0. The largest absolute Gasteiger partial charge is 0.282 e. The van der Waals surface area contributed by atoms with Crippen LogP contribution in [0.1, 0.15) is 36.7 Å². The van der Waals surface area contributed by atoms with E-state index >= 15 is 0 Å². The maximum atomic E-state index is 4.51. The first kappa shape index (κ1) is 10.6. The first-order chi connectivity index (χ1) is 8.40. The molecule has 0 spiro atoms. The van der Waals surface area contributed by atoms with E-state index in [2.05, 4.69) is 41.4 Å².